The van der Waals surface area contributed by atoms with Crippen LogP contribution in [-0.4, -0.2) is 22.7 Å². The summed E-state index contributed by atoms with van der Waals surface area (Å²) in [7, 11) is 0. The van der Waals surface area contributed by atoms with E-state index in [-0.39, 0.29) is 6.54 Å². The predicted molar refractivity (Wildman–Crippen MR) is 85.9 cm³/mol. The van der Waals surface area contributed by atoms with Gasteiger partial charge in [-0.05, 0) is 12.0 Å². The second kappa shape index (κ2) is 9.40. The Bertz CT molecular complexity index is 605. The van der Waals surface area contributed by atoms with Crippen LogP contribution in [0.3, 0.4) is 0 Å². The average Bonchev–Trinajstić information content (AvgIpc) is 2.60. The molecule has 0 spiro atoms. The van der Waals surface area contributed by atoms with E-state index in [0.29, 0.717) is 24.9 Å². The fraction of sp³-hybridized carbons (Fsp3) is 0.353. The molecular weight excluding hydrogens is 294 g/mol. The number of ether oxygens (including phenoxy) is 2. The lowest BCUT2D eigenvalue weighted by Crippen LogP contribution is -2.25. The summed E-state index contributed by atoms with van der Waals surface area (Å²) in [6.07, 6.45) is 2.98. The monoisotopic (exact) mass is 315 g/mol. The highest BCUT2D eigenvalue weighted by molar-refractivity contribution is 5.66. The molecule has 0 bridgehead atoms. The number of carbonyl (C=O) groups is 1. The predicted octanol–water partition coefficient (Wildman–Crippen LogP) is 3.08. The van der Waals surface area contributed by atoms with Gasteiger partial charge in [0.05, 0.1) is 13.2 Å². The Balaban J connectivity index is 1.79. The van der Waals surface area contributed by atoms with Crippen molar-refractivity contribution in [1.82, 2.24) is 15.3 Å². The number of carbonyl (C=O) groups excluding carboxylic acids is 1. The summed E-state index contributed by atoms with van der Waals surface area (Å²) in [4.78, 5) is 19.8. The zero-order valence-electron chi connectivity index (χ0n) is 13.2. The molecule has 2 rings (SSSR count). The molecule has 23 heavy (non-hydrogen) atoms. The highest BCUT2D eigenvalue weighted by Crippen LogP contribution is 2.09. The van der Waals surface area contributed by atoms with Crippen molar-refractivity contribution in [1.29, 1.82) is 0 Å². The zero-order valence-corrected chi connectivity index (χ0v) is 13.2. The first kappa shape index (κ1) is 16.7. The molecule has 0 aliphatic carbocycles. The minimum atomic E-state index is -0.461. The largest absolute Gasteiger partial charge is 0.473 e. The normalized spacial score (nSPS) is 10.1. The number of aromatic nitrogens is 2. The summed E-state index contributed by atoms with van der Waals surface area (Å²) in [6, 6.07) is 11.5. The van der Waals surface area contributed by atoms with Crippen molar-refractivity contribution < 1.29 is 14.3 Å². The molecule has 0 saturated heterocycles. The molecular formula is C17H21N3O3. The van der Waals surface area contributed by atoms with E-state index in [4.69, 9.17) is 9.47 Å². The highest BCUT2D eigenvalue weighted by atomic mass is 16.5. The number of hydrogen-bond acceptors (Lipinski definition) is 5. The first-order valence-corrected chi connectivity index (χ1v) is 7.67. The molecule has 6 heteroatoms. The SMILES string of the molecule is CCCCOC(=O)NCc1nccc(OCc2ccccc2)n1. The molecule has 1 amide bonds. The van der Waals surface area contributed by atoms with Crippen LogP contribution >= 0.6 is 0 Å². The van der Waals surface area contributed by atoms with E-state index in [0.717, 1.165) is 18.4 Å². The van der Waals surface area contributed by atoms with Crippen LogP contribution in [0.1, 0.15) is 31.2 Å². The van der Waals surface area contributed by atoms with Crippen molar-refractivity contribution >= 4 is 6.09 Å². The zero-order chi connectivity index (χ0) is 16.3. The van der Waals surface area contributed by atoms with E-state index in [2.05, 4.69) is 15.3 Å². The van der Waals surface area contributed by atoms with Gasteiger partial charge < -0.3 is 14.8 Å². The number of nitrogens with zero attached hydrogens (tertiary/aromatic N) is 2. The molecule has 6 nitrogen and oxygen atoms in total. The standard InChI is InChI=1S/C17H21N3O3/c1-2-3-11-22-17(21)19-12-15-18-10-9-16(20-15)23-13-14-7-5-4-6-8-14/h4-10H,2-3,11-13H2,1H3,(H,19,21). The van der Waals surface area contributed by atoms with E-state index < -0.39 is 6.09 Å². The maximum atomic E-state index is 11.5. The molecule has 0 fully saturated rings. The summed E-state index contributed by atoms with van der Waals surface area (Å²) in [5, 5.41) is 2.62. The van der Waals surface area contributed by atoms with Crippen LogP contribution in [0.5, 0.6) is 5.88 Å². The molecule has 0 atom stereocenters. The maximum absolute atomic E-state index is 11.5. The van der Waals surface area contributed by atoms with Crippen molar-refractivity contribution in [3.05, 3.63) is 54.0 Å². The molecule has 2 aromatic rings. The van der Waals surface area contributed by atoms with Gasteiger partial charge in [-0.15, -0.1) is 0 Å². The first-order valence-electron chi connectivity index (χ1n) is 7.67. The van der Waals surface area contributed by atoms with E-state index in [1.54, 1.807) is 12.3 Å². The molecule has 0 aliphatic rings. The number of alkyl carbamates (subject to hydrolysis) is 1. The Kier molecular flexibility index (Phi) is 6.84. The molecule has 1 heterocycles. The van der Waals surface area contributed by atoms with Crippen LogP contribution in [0.15, 0.2) is 42.6 Å². The topological polar surface area (TPSA) is 73.3 Å². The van der Waals surface area contributed by atoms with Gasteiger partial charge in [0.1, 0.15) is 6.61 Å². The third-order valence-corrected chi connectivity index (χ3v) is 3.03. The number of amides is 1. The lowest BCUT2D eigenvalue weighted by molar-refractivity contribution is 0.143. The molecule has 122 valence electrons. The number of nitrogens with one attached hydrogen (secondary N) is 1. The van der Waals surface area contributed by atoms with Gasteiger partial charge in [0.2, 0.25) is 5.88 Å². The Morgan fingerprint density at radius 3 is 2.83 bits per heavy atom. The van der Waals surface area contributed by atoms with E-state index in [1.807, 2.05) is 37.3 Å². The minimum Gasteiger partial charge on any atom is -0.473 e. The van der Waals surface area contributed by atoms with Crippen molar-refractivity contribution in [2.75, 3.05) is 6.61 Å². The summed E-state index contributed by atoms with van der Waals surface area (Å²) in [6.45, 7) is 3.09. The lowest BCUT2D eigenvalue weighted by atomic mass is 10.2. The fourth-order valence-corrected chi connectivity index (χ4v) is 1.79. The van der Waals surface area contributed by atoms with Crippen LogP contribution in [0.25, 0.3) is 0 Å². The molecule has 0 radical (unpaired) electrons. The molecule has 0 unspecified atom stereocenters. The van der Waals surface area contributed by atoms with Crippen molar-refractivity contribution in [2.45, 2.75) is 32.9 Å². The molecule has 1 N–H and O–H groups in total. The molecule has 1 aromatic carbocycles. The fourth-order valence-electron chi connectivity index (χ4n) is 1.79. The number of benzene rings is 1. The lowest BCUT2D eigenvalue weighted by Gasteiger charge is -2.08. The van der Waals surface area contributed by atoms with Crippen molar-refractivity contribution in [2.24, 2.45) is 0 Å². The second-order valence-electron chi connectivity index (χ2n) is 4.93. The molecule has 0 aliphatic heterocycles. The highest BCUT2D eigenvalue weighted by Gasteiger charge is 2.05. The van der Waals surface area contributed by atoms with Crippen molar-refractivity contribution in [3.63, 3.8) is 0 Å². The Hall–Kier alpha value is -2.63. The Morgan fingerprint density at radius 2 is 2.04 bits per heavy atom. The van der Waals surface area contributed by atoms with Gasteiger partial charge in [0.15, 0.2) is 5.82 Å². The van der Waals surface area contributed by atoms with E-state index >= 15 is 0 Å². The summed E-state index contributed by atoms with van der Waals surface area (Å²) < 4.78 is 10.6. The molecule has 1 aromatic heterocycles. The van der Waals surface area contributed by atoms with Gasteiger partial charge in [-0.2, -0.15) is 4.98 Å². The third kappa shape index (κ3) is 6.34. The quantitative estimate of drug-likeness (QED) is 0.758. The smallest absolute Gasteiger partial charge is 0.407 e. The van der Waals surface area contributed by atoms with Gasteiger partial charge in [-0.1, -0.05) is 43.7 Å². The third-order valence-electron chi connectivity index (χ3n) is 3.03. The van der Waals surface area contributed by atoms with Crippen LogP contribution in [0, 0.1) is 0 Å². The number of rotatable bonds is 8. The van der Waals surface area contributed by atoms with Gasteiger partial charge >= 0.3 is 6.09 Å². The van der Waals surface area contributed by atoms with Gasteiger partial charge in [-0.3, -0.25) is 0 Å². The average molecular weight is 315 g/mol. The van der Waals surface area contributed by atoms with E-state index in [9.17, 15) is 4.79 Å². The van der Waals surface area contributed by atoms with Crippen LogP contribution in [0.2, 0.25) is 0 Å². The summed E-state index contributed by atoms with van der Waals surface area (Å²) in [5.74, 6) is 0.947. The molecule has 0 saturated carbocycles. The first-order chi connectivity index (χ1) is 11.3. The van der Waals surface area contributed by atoms with Crippen LogP contribution < -0.4 is 10.1 Å². The van der Waals surface area contributed by atoms with Crippen LogP contribution in [0.4, 0.5) is 4.79 Å². The minimum absolute atomic E-state index is 0.202. The van der Waals surface area contributed by atoms with Gasteiger partial charge in [0, 0.05) is 12.3 Å². The summed E-state index contributed by atoms with van der Waals surface area (Å²) >= 11 is 0. The van der Waals surface area contributed by atoms with Crippen molar-refractivity contribution in [3.8, 4) is 5.88 Å². The number of unbranched alkanes of at least 4 members (excludes halogenated alkanes) is 1. The summed E-state index contributed by atoms with van der Waals surface area (Å²) in [5.41, 5.74) is 1.06. The maximum Gasteiger partial charge on any atom is 0.407 e. The van der Waals surface area contributed by atoms with Gasteiger partial charge in [-0.25, -0.2) is 9.78 Å². The number of hydrogen-bond donors (Lipinski definition) is 1. The van der Waals surface area contributed by atoms with E-state index in [1.165, 1.54) is 0 Å². The van der Waals surface area contributed by atoms with Gasteiger partial charge in [0.25, 0.3) is 0 Å². The van der Waals surface area contributed by atoms with Crippen LogP contribution in [-0.2, 0) is 17.9 Å². The Morgan fingerprint density at radius 1 is 1.22 bits per heavy atom. The second-order valence-corrected chi connectivity index (χ2v) is 4.93. The Labute approximate surface area is 135 Å².